The van der Waals surface area contributed by atoms with Crippen LogP contribution in [0.4, 0.5) is 11.4 Å². The van der Waals surface area contributed by atoms with Crippen molar-refractivity contribution in [2.45, 2.75) is 13.8 Å². The Kier molecular flexibility index (Phi) is 8.38. The summed E-state index contributed by atoms with van der Waals surface area (Å²) in [6.45, 7) is 3.59. The second kappa shape index (κ2) is 11.7. The molecule has 0 aliphatic carbocycles. The Bertz CT molecular complexity index is 1410. The van der Waals surface area contributed by atoms with Crippen LogP contribution in [0, 0.1) is 0 Å². The standard InChI is InChI=1S/C27H22Cl3N3O4/c1-3-36-24-13-17(11-20-16(2)32-33(27(20)35)19-7-5-4-6-8-19)12-23(30)26(24)37-15-25(34)31-18-9-10-21(28)22(29)14-18/h4-14H,3,15H2,1-2H3,(H,31,34)/b20-11-. The molecule has 0 spiro atoms. The van der Waals surface area contributed by atoms with E-state index in [1.807, 2.05) is 37.3 Å². The van der Waals surface area contributed by atoms with Gasteiger partial charge in [0, 0.05) is 5.69 Å². The van der Waals surface area contributed by atoms with Gasteiger partial charge in [0.1, 0.15) is 0 Å². The number of nitrogens with one attached hydrogen (secondary N) is 1. The quantitative estimate of drug-likeness (QED) is 0.306. The summed E-state index contributed by atoms with van der Waals surface area (Å²) < 4.78 is 11.4. The Morgan fingerprint density at radius 1 is 1.00 bits per heavy atom. The van der Waals surface area contributed by atoms with Crippen LogP contribution in [0.3, 0.4) is 0 Å². The largest absolute Gasteiger partial charge is 0.490 e. The third-order valence-corrected chi connectivity index (χ3v) is 6.28. The van der Waals surface area contributed by atoms with Gasteiger partial charge in [0.05, 0.1) is 38.6 Å². The lowest BCUT2D eigenvalue weighted by atomic mass is 10.1. The van der Waals surface area contributed by atoms with E-state index in [-0.39, 0.29) is 23.3 Å². The monoisotopic (exact) mass is 557 g/mol. The summed E-state index contributed by atoms with van der Waals surface area (Å²) in [6.07, 6.45) is 1.69. The minimum Gasteiger partial charge on any atom is -0.490 e. The second-order valence-electron chi connectivity index (χ2n) is 7.92. The Morgan fingerprint density at radius 2 is 1.76 bits per heavy atom. The van der Waals surface area contributed by atoms with Crippen LogP contribution in [0.5, 0.6) is 11.5 Å². The number of benzene rings is 3. The van der Waals surface area contributed by atoms with E-state index in [4.69, 9.17) is 44.3 Å². The molecule has 37 heavy (non-hydrogen) atoms. The van der Waals surface area contributed by atoms with Crippen LogP contribution >= 0.6 is 34.8 Å². The van der Waals surface area contributed by atoms with Crippen molar-refractivity contribution >= 4 is 69.8 Å². The summed E-state index contributed by atoms with van der Waals surface area (Å²) in [5.41, 5.74) is 2.77. The van der Waals surface area contributed by atoms with Crippen LogP contribution in [0.2, 0.25) is 15.1 Å². The molecule has 7 nitrogen and oxygen atoms in total. The van der Waals surface area contributed by atoms with Gasteiger partial charge in [-0.2, -0.15) is 10.1 Å². The fraction of sp³-hybridized carbons (Fsp3) is 0.148. The Labute approximate surface area is 229 Å². The third kappa shape index (κ3) is 6.25. The minimum absolute atomic E-state index is 0.212. The number of rotatable bonds is 8. The summed E-state index contributed by atoms with van der Waals surface area (Å²) in [5, 5.41) is 9.36. The first-order valence-electron chi connectivity index (χ1n) is 11.3. The molecule has 0 aromatic heterocycles. The predicted octanol–water partition coefficient (Wildman–Crippen LogP) is 6.87. The van der Waals surface area contributed by atoms with Crippen molar-refractivity contribution < 1.29 is 19.1 Å². The maximum Gasteiger partial charge on any atom is 0.280 e. The number of nitrogens with zero attached hydrogens (tertiary/aromatic N) is 2. The zero-order valence-corrected chi connectivity index (χ0v) is 22.2. The number of halogens is 3. The highest BCUT2D eigenvalue weighted by Crippen LogP contribution is 2.38. The molecule has 3 aromatic rings. The molecule has 0 bridgehead atoms. The number of hydrogen-bond donors (Lipinski definition) is 1. The molecule has 4 rings (SSSR count). The second-order valence-corrected chi connectivity index (χ2v) is 9.15. The lowest BCUT2D eigenvalue weighted by Gasteiger charge is -2.15. The van der Waals surface area contributed by atoms with Crippen LogP contribution in [0.1, 0.15) is 19.4 Å². The lowest BCUT2D eigenvalue weighted by Crippen LogP contribution is -2.21. The molecule has 1 heterocycles. The maximum atomic E-state index is 13.0. The van der Waals surface area contributed by atoms with Crippen molar-refractivity contribution in [1.82, 2.24) is 0 Å². The molecule has 1 aliphatic rings. The number of ether oxygens (including phenoxy) is 2. The molecule has 3 aromatic carbocycles. The number of hydrogen-bond acceptors (Lipinski definition) is 5. The highest BCUT2D eigenvalue weighted by Gasteiger charge is 2.28. The lowest BCUT2D eigenvalue weighted by molar-refractivity contribution is -0.118. The van der Waals surface area contributed by atoms with Gasteiger partial charge in [-0.25, -0.2) is 0 Å². The number of para-hydroxylation sites is 1. The Balaban J connectivity index is 1.52. The first kappa shape index (κ1) is 26.5. The van der Waals surface area contributed by atoms with Gasteiger partial charge in [-0.1, -0.05) is 53.0 Å². The molecular formula is C27H22Cl3N3O4. The van der Waals surface area contributed by atoms with Gasteiger partial charge in [-0.15, -0.1) is 0 Å². The van der Waals surface area contributed by atoms with E-state index >= 15 is 0 Å². The van der Waals surface area contributed by atoms with Crippen LogP contribution in [0.25, 0.3) is 6.08 Å². The first-order chi connectivity index (χ1) is 17.8. The van der Waals surface area contributed by atoms with Gasteiger partial charge in [0.2, 0.25) is 0 Å². The average molecular weight is 559 g/mol. The van der Waals surface area contributed by atoms with Crippen LogP contribution < -0.4 is 19.8 Å². The van der Waals surface area contributed by atoms with Crippen molar-refractivity contribution in [2.24, 2.45) is 5.10 Å². The van der Waals surface area contributed by atoms with Gasteiger partial charge in [-0.05, 0) is 68.0 Å². The summed E-state index contributed by atoms with van der Waals surface area (Å²) >= 11 is 18.4. The molecule has 1 N–H and O–H groups in total. The molecule has 1 aliphatic heterocycles. The molecular weight excluding hydrogens is 537 g/mol. The van der Waals surface area contributed by atoms with E-state index in [0.717, 1.165) is 0 Å². The molecule has 0 atom stereocenters. The molecule has 0 fully saturated rings. The Hall–Kier alpha value is -3.52. The van der Waals surface area contributed by atoms with Crippen molar-refractivity contribution in [2.75, 3.05) is 23.5 Å². The van der Waals surface area contributed by atoms with Crippen LogP contribution in [0.15, 0.2) is 71.3 Å². The number of hydrazone groups is 1. The van der Waals surface area contributed by atoms with Gasteiger partial charge >= 0.3 is 0 Å². The van der Waals surface area contributed by atoms with Crippen molar-refractivity contribution in [3.8, 4) is 11.5 Å². The average Bonchev–Trinajstić information content (AvgIpc) is 3.15. The molecule has 0 saturated carbocycles. The van der Waals surface area contributed by atoms with Gasteiger partial charge in [-0.3, -0.25) is 9.59 Å². The molecule has 190 valence electrons. The first-order valence-corrected chi connectivity index (χ1v) is 12.4. The van der Waals surface area contributed by atoms with E-state index in [9.17, 15) is 9.59 Å². The van der Waals surface area contributed by atoms with E-state index in [2.05, 4.69) is 10.4 Å². The van der Waals surface area contributed by atoms with Crippen molar-refractivity contribution in [3.63, 3.8) is 0 Å². The van der Waals surface area contributed by atoms with E-state index in [1.54, 1.807) is 37.3 Å². The number of carbonyl (C=O) groups excluding carboxylic acids is 2. The molecule has 2 amide bonds. The zero-order valence-electron chi connectivity index (χ0n) is 19.9. The van der Waals surface area contributed by atoms with Gasteiger partial charge in [0.25, 0.3) is 11.8 Å². The SMILES string of the molecule is CCOc1cc(/C=C2\C(=O)N(c3ccccc3)N=C2C)cc(Cl)c1OCC(=O)Nc1ccc(Cl)c(Cl)c1. The topological polar surface area (TPSA) is 80.2 Å². The van der Waals surface area contributed by atoms with E-state index in [0.29, 0.717) is 50.6 Å². The zero-order chi connectivity index (χ0) is 26.5. The van der Waals surface area contributed by atoms with E-state index < -0.39 is 5.91 Å². The number of amides is 2. The summed E-state index contributed by atoms with van der Waals surface area (Å²) in [4.78, 5) is 25.5. The smallest absolute Gasteiger partial charge is 0.280 e. The van der Waals surface area contributed by atoms with Crippen molar-refractivity contribution in [3.05, 3.63) is 86.9 Å². The van der Waals surface area contributed by atoms with E-state index in [1.165, 1.54) is 11.1 Å². The summed E-state index contributed by atoms with van der Waals surface area (Å²) in [7, 11) is 0. The number of anilines is 2. The third-order valence-electron chi connectivity index (χ3n) is 5.26. The van der Waals surface area contributed by atoms with Crippen LogP contribution in [-0.4, -0.2) is 30.7 Å². The highest BCUT2D eigenvalue weighted by atomic mass is 35.5. The number of carbonyl (C=O) groups is 2. The summed E-state index contributed by atoms with van der Waals surface area (Å²) in [6, 6.07) is 17.2. The molecule has 0 unspecified atom stereocenters. The molecule has 10 heteroatoms. The Morgan fingerprint density at radius 3 is 2.46 bits per heavy atom. The normalized spacial score (nSPS) is 14.1. The summed E-state index contributed by atoms with van der Waals surface area (Å²) in [5.74, 6) is -0.127. The predicted molar refractivity (Wildman–Crippen MR) is 148 cm³/mol. The fourth-order valence-electron chi connectivity index (χ4n) is 3.58. The maximum absolute atomic E-state index is 13.0. The molecule has 0 saturated heterocycles. The van der Waals surface area contributed by atoms with Crippen molar-refractivity contribution in [1.29, 1.82) is 0 Å². The fourth-order valence-corrected chi connectivity index (χ4v) is 4.15. The van der Waals surface area contributed by atoms with Gasteiger partial charge < -0.3 is 14.8 Å². The van der Waals surface area contributed by atoms with Gasteiger partial charge in [0.15, 0.2) is 18.1 Å². The molecule has 0 radical (unpaired) electrons. The highest BCUT2D eigenvalue weighted by molar-refractivity contribution is 6.42. The minimum atomic E-state index is -0.424. The van der Waals surface area contributed by atoms with Crippen LogP contribution in [-0.2, 0) is 9.59 Å².